The van der Waals surface area contributed by atoms with Gasteiger partial charge < -0.3 is 5.11 Å². The maximum Gasteiger partial charge on any atom is 0.317 e. The van der Waals surface area contributed by atoms with Crippen molar-refractivity contribution in [3.05, 3.63) is 34.9 Å². The van der Waals surface area contributed by atoms with Gasteiger partial charge in [-0.2, -0.15) is 0 Å². The minimum absolute atomic E-state index is 0.0282. The van der Waals surface area contributed by atoms with Crippen molar-refractivity contribution in [2.45, 2.75) is 58.3 Å². The summed E-state index contributed by atoms with van der Waals surface area (Å²) in [5, 5.41) is 11.0. The van der Waals surface area contributed by atoms with Crippen molar-refractivity contribution in [1.29, 1.82) is 0 Å². The predicted octanol–water partition coefficient (Wildman–Crippen LogP) is 3.41. The molecular weight excluding hydrogens is 394 g/mol. The molecule has 2 fully saturated rings. The van der Waals surface area contributed by atoms with Crippen molar-refractivity contribution in [3.8, 4) is 0 Å². The maximum atomic E-state index is 14.6. The number of carbonyl (C=O) groups is 3. The quantitative estimate of drug-likeness (QED) is 0.724. The number of nitrogens with one attached hydrogen (secondary N) is 1. The third-order valence-corrected chi connectivity index (χ3v) is 5.12. The average molecular weight is 424 g/mol. The van der Waals surface area contributed by atoms with Crippen LogP contribution < -0.4 is 5.32 Å². The highest BCUT2D eigenvalue weighted by molar-refractivity contribution is 6.00. The van der Waals surface area contributed by atoms with Gasteiger partial charge in [0, 0.05) is 12.0 Å². The summed E-state index contributed by atoms with van der Waals surface area (Å²) in [6, 6.07) is 2.21. The second-order valence-corrected chi connectivity index (χ2v) is 8.58. The molecule has 0 spiro atoms. The Morgan fingerprint density at radius 3 is 2.17 bits per heavy atom. The van der Waals surface area contributed by atoms with E-state index in [1.807, 2.05) is 0 Å². The molecule has 0 saturated carbocycles. The highest BCUT2D eigenvalue weighted by Crippen LogP contribution is 2.34. The second-order valence-electron chi connectivity index (χ2n) is 8.58. The van der Waals surface area contributed by atoms with E-state index in [-0.39, 0.29) is 36.4 Å². The van der Waals surface area contributed by atoms with E-state index in [2.05, 4.69) is 26.1 Å². The molecule has 6 nitrogen and oxygen atoms in total. The summed E-state index contributed by atoms with van der Waals surface area (Å²) in [6.45, 7) is 7.46. The van der Waals surface area contributed by atoms with Gasteiger partial charge in [0.05, 0.1) is 12.5 Å². The number of halogens is 2. The maximum absolute atomic E-state index is 14.6. The molecule has 0 aliphatic carbocycles. The highest BCUT2D eigenvalue weighted by atomic mass is 19.1. The van der Waals surface area contributed by atoms with Gasteiger partial charge in [0.15, 0.2) is 0 Å². The van der Waals surface area contributed by atoms with Crippen LogP contribution in [-0.2, 0) is 14.4 Å². The zero-order chi connectivity index (χ0) is 22.4. The van der Waals surface area contributed by atoms with Crippen LogP contribution >= 0.6 is 0 Å². The van der Waals surface area contributed by atoms with Gasteiger partial charge >= 0.3 is 5.97 Å². The summed E-state index contributed by atoms with van der Waals surface area (Å²) in [5.74, 6) is -3.36. The van der Waals surface area contributed by atoms with Crippen molar-refractivity contribution in [2.75, 3.05) is 19.6 Å². The Balaban J connectivity index is 0.000000735. The van der Waals surface area contributed by atoms with Crippen LogP contribution in [0.3, 0.4) is 0 Å². The number of hydrogen-bond acceptors (Lipinski definition) is 4. The number of rotatable bonds is 4. The van der Waals surface area contributed by atoms with E-state index in [9.17, 15) is 23.2 Å². The van der Waals surface area contributed by atoms with Crippen LogP contribution in [0.1, 0.15) is 69.4 Å². The molecule has 2 saturated heterocycles. The van der Waals surface area contributed by atoms with E-state index in [1.54, 1.807) is 4.90 Å². The van der Waals surface area contributed by atoms with Gasteiger partial charge in [0.25, 0.3) is 0 Å². The van der Waals surface area contributed by atoms with E-state index < -0.39 is 35.3 Å². The third-order valence-electron chi connectivity index (χ3n) is 5.12. The largest absolute Gasteiger partial charge is 0.480 e. The first-order chi connectivity index (χ1) is 14.1. The molecule has 2 N–H and O–H groups in total. The summed E-state index contributed by atoms with van der Waals surface area (Å²) in [4.78, 5) is 35.6. The normalized spacial score (nSPS) is 20.5. The zero-order valence-electron chi connectivity index (χ0n) is 17.7. The Kier molecular flexibility index (Phi) is 8.46. The third kappa shape index (κ3) is 6.58. The summed E-state index contributed by atoms with van der Waals surface area (Å²) >= 11 is 0. The van der Waals surface area contributed by atoms with Crippen molar-refractivity contribution < 1.29 is 28.3 Å². The lowest BCUT2D eigenvalue weighted by Crippen LogP contribution is -2.39. The number of piperidine rings is 2. The minimum atomic E-state index is -0.908. The number of aliphatic carboxylic acids is 1. The summed E-state index contributed by atoms with van der Waals surface area (Å²) in [5.41, 5.74) is 0.230. The summed E-state index contributed by atoms with van der Waals surface area (Å²) in [6.07, 6.45) is 1.35. The topological polar surface area (TPSA) is 86.7 Å². The van der Waals surface area contributed by atoms with Crippen molar-refractivity contribution in [2.24, 2.45) is 5.92 Å². The fraction of sp³-hybridized carbons (Fsp3) is 0.591. The Labute approximate surface area is 175 Å². The van der Waals surface area contributed by atoms with Gasteiger partial charge in [-0.15, -0.1) is 0 Å². The molecule has 1 aromatic carbocycles. The van der Waals surface area contributed by atoms with Crippen molar-refractivity contribution in [1.82, 2.24) is 10.2 Å². The zero-order valence-corrected chi connectivity index (χ0v) is 17.7. The first kappa shape index (κ1) is 23.9. The lowest BCUT2D eigenvalue weighted by molar-refractivity contribution is -0.138. The fourth-order valence-corrected chi connectivity index (χ4v) is 3.74. The standard InChI is InChI=1S/C18H20F2N2O4.C4H10/c19-14-8-13(11-1-2-16(23)21-18(11)26)15(20)7-12(14)10-3-5-22(6-4-10)9-17(24)25;1-4(2)3/h7-8,10-11H,1-6,9H2,(H,24,25)(H,21,23,26);4H,1-3H3. The van der Waals surface area contributed by atoms with Gasteiger partial charge in [-0.3, -0.25) is 24.6 Å². The predicted molar refractivity (Wildman–Crippen MR) is 108 cm³/mol. The van der Waals surface area contributed by atoms with Crippen LogP contribution in [0.4, 0.5) is 8.78 Å². The highest BCUT2D eigenvalue weighted by Gasteiger charge is 2.32. The van der Waals surface area contributed by atoms with Gasteiger partial charge in [-0.1, -0.05) is 20.8 Å². The van der Waals surface area contributed by atoms with Crippen LogP contribution in [-0.4, -0.2) is 47.4 Å². The van der Waals surface area contributed by atoms with Crippen LogP contribution in [0.25, 0.3) is 0 Å². The van der Waals surface area contributed by atoms with Gasteiger partial charge in [0.1, 0.15) is 11.6 Å². The van der Waals surface area contributed by atoms with Gasteiger partial charge in [-0.25, -0.2) is 8.78 Å². The van der Waals surface area contributed by atoms with E-state index in [0.29, 0.717) is 25.9 Å². The molecule has 30 heavy (non-hydrogen) atoms. The SMILES string of the molecule is CC(C)C.O=C(O)CN1CCC(c2cc(F)c(C3CCC(=O)NC3=O)cc2F)CC1. The Hall–Kier alpha value is -2.35. The number of likely N-dealkylation sites (tertiary alicyclic amines) is 1. The number of nitrogens with zero attached hydrogens (tertiary/aromatic N) is 1. The first-order valence-electron chi connectivity index (χ1n) is 10.3. The molecule has 0 bridgehead atoms. The molecule has 0 aromatic heterocycles. The van der Waals surface area contributed by atoms with Crippen LogP contribution in [0.2, 0.25) is 0 Å². The van der Waals surface area contributed by atoms with Crippen LogP contribution in [0.5, 0.6) is 0 Å². The number of amides is 2. The summed E-state index contributed by atoms with van der Waals surface area (Å²) < 4.78 is 29.2. The number of hydrogen-bond donors (Lipinski definition) is 2. The Morgan fingerprint density at radius 1 is 1.10 bits per heavy atom. The number of carboxylic acid groups (broad SMARTS) is 1. The molecule has 3 rings (SSSR count). The molecule has 2 aliphatic rings. The lowest BCUT2D eigenvalue weighted by Gasteiger charge is -2.31. The Bertz CT molecular complexity index is 787. The molecular formula is C22H30F2N2O4. The molecule has 2 aliphatic heterocycles. The molecule has 166 valence electrons. The van der Waals surface area contributed by atoms with E-state index in [1.165, 1.54) is 0 Å². The molecule has 0 radical (unpaired) electrons. The first-order valence-corrected chi connectivity index (χ1v) is 10.3. The van der Waals surface area contributed by atoms with Gasteiger partial charge in [-0.05, 0) is 61.9 Å². The lowest BCUT2D eigenvalue weighted by atomic mass is 9.85. The minimum Gasteiger partial charge on any atom is -0.480 e. The molecule has 2 heterocycles. The Morgan fingerprint density at radius 2 is 1.63 bits per heavy atom. The number of benzene rings is 1. The van der Waals surface area contributed by atoms with Crippen molar-refractivity contribution >= 4 is 17.8 Å². The number of imide groups is 1. The number of carbonyl (C=O) groups excluding carboxylic acids is 2. The van der Waals surface area contributed by atoms with Crippen LogP contribution in [0.15, 0.2) is 12.1 Å². The molecule has 8 heteroatoms. The van der Waals surface area contributed by atoms with E-state index in [4.69, 9.17) is 5.11 Å². The molecule has 1 atom stereocenters. The van der Waals surface area contributed by atoms with Gasteiger partial charge in [0.2, 0.25) is 11.8 Å². The van der Waals surface area contributed by atoms with Crippen LogP contribution in [0, 0.1) is 17.6 Å². The monoisotopic (exact) mass is 424 g/mol. The average Bonchev–Trinajstić information content (AvgIpc) is 2.63. The van der Waals surface area contributed by atoms with E-state index in [0.717, 1.165) is 18.1 Å². The summed E-state index contributed by atoms with van der Waals surface area (Å²) in [7, 11) is 0. The fourth-order valence-electron chi connectivity index (χ4n) is 3.74. The molecule has 1 aromatic rings. The second kappa shape index (κ2) is 10.6. The number of carboxylic acids is 1. The smallest absolute Gasteiger partial charge is 0.317 e. The van der Waals surface area contributed by atoms with E-state index >= 15 is 0 Å². The molecule has 2 amide bonds. The molecule has 1 unspecified atom stereocenters. The van der Waals surface area contributed by atoms with Crippen molar-refractivity contribution in [3.63, 3.8) is 0 Å².